The molecule has 0 spiro atoms. The number of nitrogens with one attached hydrogen (secondary N) is 1. The molecule has 0 radical (unpaired) electrons. The summed E-state index contributed by atoms with van der Waals surface area (Å²) in [6.07, 6.45) is 0.409. The summed E-state index contributed by atoms with van der Waals surface area (Å²) in [7, 11) is 0. The molecule has 1 aromatic carbocycles. The van der Waals surface area contributed by atoms with Crippen molar-refractivity contribution in [2.75, 3.05) is 36.5 Å². The number of carbonyl (C=O) groups excluding carboxylic acids is 1. The van der Waals surface area contributed by atoms with Crippen LogP contribution in [0.1, 0.15) is 34.7 Å². The molecule has 5 rings (SSSR count). The second-order valence-electron chi connectivity index (χ2n) is 7.77. The smallest absolute Gasteiger partial charge is 0.226 e. The Morgan fingerprint density at radius 3 is 2.50 bits per heavy atom. The van der Waals surface area contributed by atoms with Crippen molar-refractivity contribution >= 4 is 17.5 Å². The standard InChI is InChI=1S/C22H24N6O2/c1-14-5-3-4-6-16(14)17-13-20(29)23-22-21(17)15(2)26-28(22)19-8-7-18(24-25-19)27-9-11-30-12-10-27/h3-8,17H,9-13H2,1-2H3,(H,23,29)/t17-/m1/s1. The molecule has 154 valence electrons. The summed E-state index contributed by atoms with van der Waals surface area (Å²) in [5, 5.41) is 16.5. The zero-order valence-corrected chi connectivity index (χ0v) is 17.1. The van der Waals surface area contributed by atoms with E-state index in [-0.39, 0.29) is 11.8 Å². The maximum atomic E-state index is 12.6. The highest BCUT2D eigenvalue weighted by Gasteiger charge is 2.33. The number of carbonyl (C=O) groups is 1. The van der Waals surface area contributed by atoms with Gasteiger partial charge in [-0.2, -0.15) is 9.78 Å². The second-order valence-corrected chi connectivity index (χ2v) is 7.77. The molecule has 0 aliphatic carbocycles. The largest absolute Gasteiger partial charge is 0.378 e. The van der Waals surface area contributed by atoms with Gasteiger partial charge in [0.05, 0.1) is 18.9 Å². The first kappa shape index (κ1) is 18.7. The fourth-order valence-electron chi connectivity index (χ4n) is 4.35. The van der Waals surface area contributed by atoms with E-state index in [1.165, 1.54) is 5.56 Å². The number of amides is 1. The molecule has 1 saturated heterocycles. The Balaban J connectivity index is 1.53. The first-order valence-electron chi connectivity index (χ1n) is 10.2. The highest BCUT2D eigenvalue weighted by Crippen LogP contribution is 2.40. The first-order chi connectivity index (χ1) is 14.6. The highest BCUT2D eigenvalue weighted by molar-refractivity contribution is 5.95. The average Bonchev–Trinajstić information content (AvgIpc) is 3.10. The van der Waals surface area contributed by atoms with Gasteiger partial charge in [-0.05, 0) is 37.1 Å². The first-order valence-corrected chi connectivity index (χ1v) is 10.2. The van der Waals surface area contributed by atoms with E-state index in [4.69, 9.17) is 9.84 Å². The summed E-state index contributed by atoms with van der Waals surface area (Å²) >= 11 is 0. The van der Waals surface area contributed by atoms with Gasteiger partial charge in [0.15, 0.2) is 11.6 Å². The topological polar surface area (TPSA) is 85.2 Å². The molecule has 2 aliphatic rings. The molecule has 8 heteroatoms. The van der Waals surface area contributed by atoms with Crippen molar-refractivity contribution in [3.8, 4) is 5.82 Å². The lowest BCUT2D eigenvalue weighted by atomic mass is 9.84. The maximum Gasteiger partial charge on any atom is 0.226 e. The number of rotatable bonds is 3. The van der Waals surface area contributed by atoms with Gasteiger partial charge >= 0.3 is 0 Å². The molecule has 1 amide bonds. The summed E-state index contributed by atoms with van der Waals surface area (Å²) < 4.78 is 7.10. The van der Waals surface area contributed by atoms with Crippen LogP contribution >= 0.6 is 0 Å². The van der Waals surface area contributed by atoms with Gasteiger partial charge in [-0.15, -0.1) is 10.2 Å². The van der Waals surface area contributed by atoms with Gasteiger partial charge in [-0.3, -0.25) is 4.79 Å². The van der Waals surface area contributed by atoms with Gasteiger partial charge in [-0.25, -0.2) is 0 Å². The van der Waals surface area contributed by atoms with Crippen LogP contribution in [0.5, 0.6) is 0 Å². The van der Waals surface area contributed by atoms with E-state index in [0.717, 1.165) is 35.7 Å². The molecule has 0 unspecified atom stereocenters. The van der Waals surface area contributed by atoms with Crippen molar-refractivity contribution in [2.45, 2.75) is 26.2 Å². The number of fused-ring (bicyclic) bond motifs is 1. The third kappa shape index (κ3) is 3.23. The van der Waals surface area contributed by atoms with E-state index < -0.39 is 0 Å². The monoisotopic (exact) mass is 404 g/mol. The molecule has 1 atom stereocenters. The van der Waals surface area contributed by atoms with Gasteiger partial charge in [-0.1, -0.05) is 24.3 Å². The summed E-state index contributed by atoms with van der Waals surface area (Å²) in [6, 6.07) is 12.1. The van der Waals surface area contributed by atoms with Crippen LogP contribution in [0.2, 0.25) is 0 Å². The Morgan fingerprint density at radius 1 is 1.03 bits per heavy atom. The Bertz CT molecular complexity index is 1090. The fraction of sp³-hybridized carbons (Fsp3) is 0.364. The molecule has 8 nitrogen and oxygen atoms in total. The number of benzene rings is 1. The van der Waals surface area contributed by atoms with Gasteiger partial charge in [0.1, 0.15) is 5.82 Å². The maximum absolute atomic E-state index is 12.6. The van der Waals surface area contributed by atoms with Gasteiger partial charge in [0.25, 0.3) is 0 Å². The van der Waals surface area contributed by atoms with Gasteiger partial charge < -0.3 is 15.0 Å². The minimum absolute atomic E-state index is 0.0187. The number of aryl methyl sites for hydroxylation is 2. The number of anilines is 2. The molecule has 2 aliphatic heterocycles. The second kappa shape index (κ2) is 7.53. The van der Waals surface area contributed by atoms with Crippen LogP contribution in [0, 0.1) is 13.8 Å². The fourth-order valence-corrected chi connectivity index (χ4v) is 4.35. The molecular weight excluding hydrogens is 380 g/mol. The van der Waals surface area contributed by atoms with Crippen LogP contribution in [-0.2, 0) is 9.53 Å². The number of hydrogen-bond donors (Lipinski definition) is 1. The SMILES string of the molecule is Cc1ccccc1[C@H]1CC(=O)Nc2c1c(C)nn2-c1ccc(N2CCOCC2)nn1. The molecule has 4 heterocycles. The lowest BCUT2D eigenvalue weighted by Gasteiger charge is -2.27. The van der Waals surface area contributed by atoms with Crippen molar-refractivity contribution < 1.29 is 9.53 Å². The molecular formula is C22H24N6O2. The van der Waals surface area contributed by atoms with E-state index in [0.29, 0.717) is 31.3 Å². The summed E-state index contributed by atoms with van der Waals surface area (Å²) in [4.78, 5) is 14.7. The highest BCUT2D eigenvalue weighted by atomic mass is 16.5. The van der Waals surface area contributed by atoms with Crippen LogP contribution in [0.4, 0.5) is 11.6 Å². The zero-order chi connectivity index (χ0) is 20.7. The molecule has 1 fully saturated rings. The predicted octanol–water partition coefficient (Wildman–Crippen LogP) is 2.59. The minimum Gasteiger partial charge on any atom is -0.378 e. The molecule has 3 aromatic rings. The lowest BCUT2D eigenvalue weighted by Crippen LogP contribution is -2.36. The number of morpholine rings is 1. The summed E-state index contributed by atoms with van der Waals surface area (Å²) in [5.41, 5.74) is 4.26. The van der Waals surface area contributed by atoms with Crippen molar-refractivity contribution in [3.05, 3.63) is 58.8 Å². The quantitative estimate of drug-likeness (QED) is 0.722. The molecule has 0 saturated carbocycles. The van der Waals surface area contributed by atoms with Crippen molar-refractivity contribution in [1.82, 2.24) is 20.0 Å². The van der Waals surface area contributed by atoms with Gasteiger partial charge in [0, 0.05) is 31.0 Å². The number of aromatic nitrogens is 4. The number of nitrogens with zero attached hydrogens (tertiary/aromatic N) is 5. The van der Waals surface area contributed by atoms with E-state index in [9.17, 15) is 4.79 Å². The molecule has 1 N–H and O–H groups in total. The average molecular weight is 404 g/mol. The van der Waals surface area contributed by atoms with Crippen molar-refractivity contribution in [1.29, 1.82) is 0 Å². The van der Waals surface area contributed by atoms with Crippen LogP contribution in [0.25, 0.3) is 5.82 Å². The minimum atomic E-state index is -0.0238. The Labute approximate surface area is 174 Å². The third-order valence-electron chi connectivity index (χ3n) is 5.85. The Hall–Kier alpha value is -3.26. The van der Waals surface area contributed by atoms with Crippen LogP contribution in [-0.4, -0.2) is 52.2 Å². The molecule has 2 aromatic heterocycles. The number of ether oxygens (including phenoxy) is 1. The van der Waals surface area contributed by atoms with Crippen LogP contribution in [0.15, 0.2) is 36.4 Å². The third-order valence-corrected chi connectivity index (χ3v) is 5.85. The lowest BCUT2D eigenvalue weighted by molar-refractivity contribution is -0.116. The van der Waals surface area contributed by atoms with E-state index in [1.807, 2.05) is 31.2 Å². The molecule has 0 bridgehead atoms. The van der Waals surface area contributed by atoms with E-state index in [1.54, 1.807) is 4.68 Å². The van der Waals surface area contributed by atoms with E-state index in [2.05, 4.69) is 39.5 Å². The normalized spacial score (nSPS) is 18.8. The number of hydrogen-bond acceptors (Lipinski definition) is 6. The van der Waals surface area contributed by atoms with Crippen molar-refractivity contribution in [2.24, 2.45) is 0 Å². The summed E-state index contributed by atoms with van der Waals surface area (Å²) in [6.45, 7) is 7.06. The van der Waals surface area contributed by atoms with Crippen LogP contribution in [0.3, 0.4) is 0 Å². The van der Waals surface area contributed by atoms with Gasteiger partial charge in [0.2, 0.25) is 5.91 Å². The Morgan fingerprint density at radius 2 is 1.77 bits per heavy atom. The predicted molar refractivity (Wildman–Crippen MR) is 113 cm³/mol. The van der Waals surface area contributed by atoms with Crippen molar-refractivity contribution in [3.63, 3.8) is 0 Å². The summed E-state index contributed by atoms with van der Waals surface area (Å²) in [5.74, 6) is 2.05. The van der Waals surface area contributed by atoms with E-state index >= 15 is 0 Å². The molecule has 30 heavy (non-hydrogen) atoms. The zero-order valence-electron chi connectivity index (χ0n) is 17.1. The Kier molecular flexibility index (Phi) is 4.71. The van der Waals surface area contributed by atoms with Crippen LogP contribution < -0.4 is 10.2 Å².